The molecule has 1 aromatic heterocycles. The molecule has 1 aromatic carbocycles. The number of ether oxygens (including phenoxy) is 1. The number of hydrogen-bond acceptors (Lipinski definition) is 5. The molecule has 0 saturated heterocycles. The number of fused-ring (bicyclic) bond motifs is 1. The molecule has 0 amide bonds. The summed E-state index contributed by atoms with van der Waals surface area (Å²) in [6.45, 7) is 1.75. The van der Waals surface area contributed by atoms with E-state index in [1.165, 1.54) is 4.57 Å². The van der Waals surface area contributed by atoms with Gasteiger partial charge < -0.3 is 15.0 Å². The summed E-state index contributed by atoms with van der Waals surface area (Å²) in [5.74, 6) is 0.635. The number of methoxy groups -OCH3 is 1. The summed E-state index contributed by atoms with van der Waals surface area (Å²) in [7, 11) is 3.55. The molecule has 1 fully saturated rings. The molecule has 0 unspecified atom stereocenters. The topological polar surface area (TPSA) is 68.5 Å². The second-order valence-corrected chi connectivity index (χ2v) is 6.98. The Kier molecular flexibility index (Phi) is 4.61. The van der Waals surface area contributed by atoms with Crippen molar-refractivity contribution < 1.29 is 4.74 Å². The predicted molar refractivity (Wildman–Crippen MR) is 106 cm³/mol. The predicted octanol–water partition coefficient (Wildman–Crippen LogP) is 1.36. The van der Waals surface area contributed by atoms with Crippen LogP contribution in [-0.2, 0) is 4.74 Å². The lowest BCUT2D eigenvalue weighted by molar-refractivity contribution is 0.203. The van der Waals surface area contributed by atoms with Gasteiger partial charge in [0, 0.05) is 39.0 Å². The van der Waals surface area contributed by atoms with Gasteiger partial charge in [0.1, 0.15) is 11.4 Å². The van der Waals surface area contributed by atoms with Gasteiger partial charge in [0.25, 0.3) is 5.56 Å². The highest BCUT2D eigenvalue weighted by atomic mass is 16.5. The van der Waals surface area contributed by atoms with Crippen molar-refractivity contribution in [2.24, 2.45) is 0 Å². The van der Waals surface area contributed by atoms with Crippen LogP contribution < -0.4 is 21.5 Å². The molecule has 27 heavy (non-hydrogen) atoms. The highest BCUT2D eigenvalue weighted by Gasteiger charge is 2.33. The average Bonchev–Trinajstić information content (AvgIpc) is 3.50. The van der Waals surface area contributed by atoms with E-state index in [-0.39, 0.29) is 17.3 Å². The molecule has 7 heteroatoms. The van der Waals surface area contributed by atoms with Crippen LogP contribution in [0.4, 0.5) is 5.82 Å². The maximum Gasteiger partial charge on any atom is 0.337 e. The normalized spacial score (nSPS) is 16.1. The highest BCUT2D eigenvalue weighted by molar-refractivity contribution is 5.77. The van der Waals surface area contributed by atoms with Crippen molar-refractivity contribution in [1.29, 1.82) is 0 Å². The Morgan fingerprint density at radius 1 is 1.19 bits per heavy atom. The minimum Gasteiger partial charge on any atom is -0.383 e. The molecule has 1 aliphatic heterocycles. The largest absolute Gasteiger partial charge is 0.383 e. The van der Waals surface area contributed by atoms with Crippen LogP contribution in [0.3, 0.4) is 0 Å². The molecule has 4 rings (SSSR count). The molecule has 142 valence electrons. The van der Waals surface area contributed by atoms with Crippen LogP contribution in [0.5, 0.6) is 0 Å². The Morgan fingerprint density at radius 3 is 2.59 bits per heavy atom. The van der Waals surface area contributed by atoms with E-state index in [0.717, 1.165) is 24.2 Å². The number of nitrogens with zero attached hydrogens (tertiary/aromatic N) is 3. The van der Waals surface area contributed by atoms with Gasteiger partial charge in [0.15, 0.2) is 0 Å². The zero-order chi connectivity index (χ0) is 19.0. The quantitative estimate of drug-likeness (QED) is 0.780. The molecule has 0 radical (unpaired) electrons. The number of aromatic nitrogens is 2. The molecule has 1 N–H and O–H groups in total. The Morgan fingerprint density at radius 2 is 1.93 bits per heavy atom. The van der Waals surface area contributed by atoms with Gasteiger partial charge in [0.05, 0.1) is 12.3 Å². The molecular weight excluding hydrogens is 344 g/mol. The molecule has 0 bridgehead atoms. The van der Waals surface area contributed by atoms with Gasteiger partial charge in [-0.1, -0.05) is 18.2 Å². The van der Waals surface area contributed by atoms with Crippen molar-refractivity contribution in [2.75, 3.05) is 38.8 Å². The first-order chi connectivity index (χ1) is 13.1. The van der Waals surface area contributed by atoms with E-state index < -0.39 is 0 Å². The van der Waals surface area contributed by atoms with E-state index in [9.17, 15) is 9.59 Å². The van der Waals surface area contributed by atoms with E-state index in [0.29, 0.717) is 31.1 Å². The van der Waals surface area contributed by atoms with E-state index in [2.05, 4.69) is 5.32 Å². The zero-order valence-electron chi connectivity index (χ0n) is 15.6. The Hall–Kier alpha value is -2.80. The maximum atomic E-state index is 13.3. The second-order valence-electron chi connectivity index (χ2n) is 6.98. The van der Waals surface area contributed by atoms with Crippen molar-refractivity contribution in [1.82, 2.24) is 14.5 Å². The summed E-state index contributed by atoms with van der Waals surface area (Å²) in [5, 5.41) is 3.31. The van der Waals surface area contributed by atoms with Gasteiger partial charge in [-0.15, -0.1) is 0 Å². The molecule has 0 atom stereocenters. The summed E-state index contributed by atoms with van der Waals surface area (Å²) in [4.78, 5) is 28.5. The van der Waals surface area contributed by atoms with Gasteiger partial charge in [0.2, 0.25) is 0 Å². The lowest BCUT2D eigenvalue weighted by Gasteiger charge is -2.31. The van der Waals surface area contributed by atoms with Gasteiger partial charge in [-0.25, -0.2) is 9.36 Å². The minimum absolute atomic E-state index is 0.00211. The van der Waals surface area contributed by atoms with Crippen LogP contribution in [0.2, 0.25) is 0 Å². The smallest absolute Gasteiger partial charge is 0.337 e. The maximum absolute atomic E-state index is 13.3. The first-order valence-corrected chi connectivity index (χ1v) is 9.25. The van der Waals surface area contributed by atoms with Crippen molar-refractivity contribution >= 4 is 11.5 Å². The summed E-state index contributed by atoms with van der Waals surface area (Å²) in [5.41, 5.74) is 1.60. The third kappa shape index (κ3) is 3.08. The Bertz CT molecular complexity index is 987. The number of rotatable bonds is 6. The van der Waals surface area contributed by atoms with Gasteiger partial charge in [-0.05, 0) is 31.1 Å². The zero-order valence-corrected chi connectivity index (χ0v) is 15.6. The van der Waals surface area contributed by atoms with Crippen LogP contribution in [0.25, 0.3) is 11.4 Å². The van der Waals surface area contributed by atoms with Crippen LogP contribution in [-0.4, -0.2) is 43.0 Å². The fraction of sp³-hybridized carbons (Fsp3) is 0.400. The molecule has 2 aromatic rings. The SMILES string of the molecule is COCCNC1=CCN(C)c2c1c(=O)n(C1CC1)c(=O)n2-c1ccccc1. The fourth-order valence-corrected chi connectivity index (χ4v) is 3.54. The Balaban J connectivity index is 1.97. The third-order valence-electron chi connectivity index (χ3n) is 5.01. The van der Waals surface area contributed by atoms with Crippen molar-refractivity contribution in [2.45, 2.75) is 18.9 Å². The number of nitrogens with one attached hydrogen (secondary N) is 1. The van der Waals surface area contributed by atoms with E-state index in [4.69, 9.17) is 4.74 Å². The summed E-state index contributed by atoms with van der Waals surface area (Å²) in [6.07, 6.45) is 3.74. The van der Waals surface area contributed by atoms with E-state index in [1.807, 2.05) is 48.4 Å². The first kappa shape index (κ1) is 17.6. The fourth-order valence-electron chi connectivity index (χ4n) is 3.54. The van der Waals surface area contributed by atoms with Gasteiger partial charge in [-0.3, -0.25) is 9.36 Å². The summed E-state index contributed by atoms with van der Waals surface area (Å²) < 4.78 is 8.21. The molecule has 0 spiro atoms. The molecule has 2 aliphatic rings. The number of hydrogen-bond donors (Lipinski definition) is 1. The van der Waals surface area contributed by atoms with Gasteiger partial charge >= 0.3 is 5.69 Å². The molecule has 2 heterocycles. The average molecular weight is 368 g/mol. The summed E-state index contributed by atoms with van der Waals surface area (Å²) in [6, 6.07) is 9.51. The molecular formula is C20H24N4O3. The van der Waals surface area contributed by atoms with Crippen molar-refractivity contribution in [3.63, 3.8) is 0 Å². The Labute approximate surface area is 157 Å². The second kappa shape index (κ2) is 7.08. The number of likely N-dealkylation sites (N-methyl/N-ethyl adjacent to an activating group) is 1. The van der Waals surface area contributed by atoms with Crippen LogP contribution in [0.15, 0.2) is 46.0 Å². The first-order valence-electron chi connectivity index (χ1n) is 9.25. The van der Waals surface area contributed by atoms with Crippen LogP contribution in [0, 0.1) is 0 Å². The number of benzene rings is 1. The third-order valence-corrected chi connectivity index (χ3v) is 5.01. The molecule has 1 aliphatic carbocycles. The minimum atomic E-state index is -0.266. The van der Waals surface area contributed by atoms with E-state index >= 15 is 0 Å². The van der Waals surface area contributed by atoms with Crippen LogP contribution >= 0.6 is 0 Å². The van der Waals surface area contributed by atoms with Crippen molar-refractivity contribution in [3.05, 3.63) is 62.8 Å². The molecule has 7 nitrogen and oxygen atoms in total. The monoisotopic (exact) mass is 368 g/mol. The summed E-state index contributed by atoms with van der Waals surface area (Å²) >= 11 is 0. The number of para-hydroxylation sites is 1. The van der Waals surface area contributed by atoms with Crippen LogP contribution in [0.1, 0.15) is 24.4 Å². The van der Waals surface area contributed by atoms with E-state index in [1.54, 1.807) is 11.7 Å². The number of anilines is 1. The standard InChI is InChI=1S/C20H24N4O3/c1-22-12-10-16(21-11-13-27-2)17-18(22)23(14-6-4-3-5-7-14)20(26)24(19(17)25)15-8-9-15/h3-7,10,15,21H,8-9,11-13H2,1-2H3. The van der Waals surface area contributed by atoms with Gasteiger partial charge in [-0.2, -0.15) is 0 Å². The lowest BCUT2D eigenvalue weighted by atomic mass is 10.1. The lowest BCUT2D eigenvalue weighted by Crippen LogP contribution is -2.46. The van der Waals surface area contributed by atoms with Crippen molar-refractivity contribution in [3.8, 4) is 5.69 Å². The molecule has 1 saturated carbocycles. The highest BCUT2D eigenvalue weighted by Crippen LogP contribution is 2.34.